The van der Waals surface area contributed by atoms with Gasteiger partial charge in [-0.15, -0.1) is 11.8 Å². The molecule has 0 spiro atoms. The highest BCUT2D eigenvalue weighted by Gasteiger charge is 2.30. The Morgan fingerprint density at radius 2 is 2.00 bits per heavy atom. The summed E-state index contributed by atoms with van der Waals surface area (Å²) in [5.74, 6) is 0.731. The van der Waals surface area contributed by atoms with Gasteiger partial charge in [0.1, 0.15) is 5.44 Å². The molecule has 0 saturated carbocycles. The van der Waals surface area contributed by atoms with E-state index in [2.05, 4.69) is 0 Å². The van der Waals surface area contributed by atoms with Crippen LogP contribution in [-0.4, -0.2) is 20.1 Å². The van der Waals surface area contributed by atoms with Crippen LogP contribution < -0.4 is 0 Å². The summed E-state index contributed by atoms with van der Waals surface area (Å²) in [6.45, 7) is 1.88. The molecule has 0 aromatic carbocycles. The molecule has 0 aliphatic heterocycles. The van der Waals surface area contributed by atoms with E-state index in [4.69, 9.17) is 39.9 Å². The molecule has 0 fully saturated rings. The average Bonchev–Trinajstić information content (AvgIpc) is 1.64. The Morgan fingerprint density at radius 1 is 1.56 bits per heavy atom. The van der Waals surface area contributed by atoms with Crippen LogP contribution in [0.4, 0.5) is 0 Å². The van der Waals surface area contributed by atoms with E-state index in [0.29, 0.717) is 0 Å². The zero-order valence-electron chi connectivity index (χ0n) is 4.77. The number of rotatable bonds is 2. The van der Waals surface area contributed by atoms with Crippen molar-refractivity contribution in [3.8, 4) is 0 Å². The van der Waals surface area contributed by atoms with Gasteiger partial charge in [0.25, 0.3) is 0 Å². The summed E-state index contributed by atoms with van der Waals surface area (Å²) in [5, 5.41) is 8.95. The lowest BCUT2D eigenvalue weighted by Crippen LogP contribution is -2.21. The maximum Gasteiger partial charge on any atom is 0.225 e. The fourth-order valence-corrected chi connectivity index (χ4v) is 1.32. The lowest BCUT2D eigenvalue weighted by Gasteiger charge is -2.16. The van der Waals surface area contributed by atoms with Crippen molar-refractivity contribution >= 4 is 46.6 Å². The zero-order valence-corrected chi connectivity index (χ0v) is 7.86. The van der Waals surface area contributed by atoms with Gasteiger partial charge in [-0.05, 0) is 5.75 Å². The number of hydrogen-bond donors (Lipinski definition) is 1. The van der Waals surface area contributed by atoms with Gasteiger partial charge in [0.05, 0.1) is 0 Å². The lowest BCUT2D eigenvalue weighted by atomic mass is 10.8. The molecule has 1 N–H and O–H groups in total. The monoisotopic (exact) mass is 208 g/mol. The molecule has 0 aliphatic carbocycles. The van der Waals surface area contributed by atoms with Gasteiger partial charge in [0.2, 0.25) is 3.79 Å². The SMILES string of the molecule is CCS[C@@H](O)C(Cl)(Cl)Cl. The topological polar surface area (TPSA) is 20.2 Å². The van der Waals surface area contributed by atoms with Crippen molar-refractivity contribution in [2.24, 2.45) is 0 Å². The molecular weight excluding hydrogens is 202 g/mol. The van der Waals surface area contributed by atoms with Crippen molar-refractivity contribution in [1.82, 2.24) is 0 Å². The number of halogens is 3. The predicted molar refractivity (Wildman–Crippen MR) is 44.4 cm³/mol. The van der Waals surface area contributed by atoms with Gasteiger partial charge < -0.3 is 5.11 Å². The molecule has 0 heterocycles. The summed E-state index contributed by atoms with van der Waals surface area (Å²) in [6.07, 6.45) is 0. The molecule has 1 atom stereocenters. The summed E-state index contributed by atoms with van der Waals surface area (Å²) in [4.78, 5) is 0. The first-order valence-electron chi connectivity index (χ1n) is 2.35. The van der Waals surface area contributed by atoms with Crippen molar-refractivity contribution in [3.05, 3.63) is 0 Å². The Hall–Kier alpha value is 1.18. The molecule has 0 aliphatic rings. The molecule has 0 saturated heterocycles. The minimum Gasteiger partial charge on any atom is -0.378 e. The normalized spacial score (nSPS) is 15.7. The van der Waals surface area contributed by atoms with Gasteiger partial charge >= 0.3 is 0 Å². The molecule has 0 rings (SSSR count). The highest BCUT2D eigenvalue weighted by Crippen LogP contribution is 2.35. The highest BCUT2D eigenvalue weighted by molar-refractivity contribution is 7.99. The second-order valence-electron chi connectivity index (χ2n) is 1.35. The van der Waals surface area contributed by atoms with Crippen molar-refractivity contribution in [3.63, 3.8) is 0 Å². The Balaban J connectivity index is 3.59. The first kappa shape index (κ1) is 10.2. The molecule has 0 radical (unpaired) electrons. The number of aliphatic hydroxyl groups is 1. The second-order valence-corrected chi connectivity index (χ2v) is 5.08. The van der Waals surface area contributed by atoms with Crippen LogP contribution in [0.5, 0.6) is 0 Å². The molecule has 9 heavy (non-hydrogen) atoms. The van der Waals surface area contributed by atoms with E-state index in [1.807, 2.05) is 6.92 Å². The Kier molecular flexibility index (Phi) is 4.68. The van der Waals surface area contributed by atoms with Gasteiger partial charge in [-0.3, -0.25) is 0 Å². The number of aliphatic hydroxyl groups excluding tert-OH is 1. The van der Waals surface area contributed by atoms with Crippen LogP contribution in [0.1, 0.15) is 6.92 Å². The fraction of sp³-hybridized carbons (Fsp3) is 1.00. The van der Waals surface area contributed by atoms with Gasteiger partial charge in [-0.25, -0.2) is 0 Å². The summed E-state index contributed by atoms with van der Waals surface area (Å²) in [6, 6.07) is 0. The zero-order chi connectivity index (χ0) is 7.49. The summed E-state index contributed by atoms with van der Waals surface area (Å²) in [7, 11) is 0. The average molecular weight is 210 g/mol. The molecule has 0 amide bonds. The largest absolute Gasteiger partial charge is 0.378 e. The van der Waals surface area contributed by atoms with Crippen LogP contribution in [0.15, 0.2) is 0 Å². The maximum atomic E-state index is 8.95. The van der Waals surface area contributed by atoms with E-state index in [1.165, 1.54) is 11.8 Å². The molecule has 0 bridgehead atoms. The third-order valence-corrected chi connectivity index (χ3v) is 2.62. The Bertz CT molecular complexity index is 82.4. The fourth-order valence-electron chi connectivity index (χ4n) is 0.252. The Labute approximate surface area is 73.7 Å². The first-order valence-corrected chi connectivity index (χ1v) is 4.53. The molecule has 5 heteroatoms. The van der Waals surface area contributed by atoms with E-state index < -0.39 is 9.23 Å². The van der Waals surface area contributed by atoms with Gasteiger partial charge in [-0.2, -0.15) is 0 Å². The van der Waals surface area contributed by atoms with Crippen LogP contribution >= 0.6 is 46.6 Å². The number of hydrogen-bond acceptors (Lipinski definition) is 2. The lowest BCUT2D eigenvalue weighted by molar-refractivity contribution is 0.268. The second kappa shape index (κ2) is 4.14. The van der Waals surface area contributed by atoms with Crippen LogP contribution in [0.3, 0.4) is 0 Å². The van der Waals surface area contributed by atoms with Crippen molar-refractivity contribution in [1.29, 1.82) is 0 Å². The molecule has 56 valence electrons. The van der Waals surface area contributed by atoms with Crippen molar-refractivity contribution in [2.45, 2.75) is 16.2 Å². The predicted octanol–water partition coefficient (Wildman–Crippen LogP) is 2.43. The standard InChI is InChI=1S/C4H7Cl3OS/c1-2-9-3(8)4(5,6)7/h3,8H,2H2,1H3/t3-/m1/s1. The maximum absolute atomic E-state index is 8.95. The van der Waals surface area contributed by atoms with Crippen LogP contribution in [0, 0.1) is 0 Å². The van der Waals surface area contributed by atoms with Crippen LogP contribution in [-0.2, 0) is 0 Å². The summed E-state index contributed by atoms with van der Waals surface area (Å²) >= 11 is 17.2. The Morgan fingerprint density at radius 3 is 2.11 bits per heavy atom. The molecule has 1 nitrogen and oxygen atoms in total. The quantitative estimate of drug-likeness (QED) is 0.557. The minimum atomic E-state index is -1.55. The highest BCUT2D eigenvalue weighted by atomic mass is 35.6. The molecule has 0 unspecified atom stereocenters. The van der Waals surface area contributed by atoms with Crippen LogP contribution in [0.25, 0.3) is 0 Å². The van der Waals surface area contributed by atoms with Crippen LogP contribution in [0.2, 0.25) is 0 Å². The third kappa shape index (κ3) is 4.57. The van der Waals surface area contributed by atoms with E-state index in [1.54, 1.807) is 0 Å². The van der Waals surface area contributed by atoms with Gasteiger partial charge in [0.15, 0.2) is 0 Å². The van der Waals surface area contributed by atoms with Gasteiger partial charge in [0, 0.05) is 0 Å². The van der Waals surface area contributed by atoms with E-state index >= 15 is 0 Å². The molecule has 0 aromatic rings. The molecular formula is C4H7Cl3OS. The van der Waals surface area contributed by atoms with E-state index in [-0.39, 0.29) is 0 Å². The van der Waals surface area contributed by atoms with Gasteiger partial charge in [-0.1, -0.05) is 41.7 Å². The van der Waals surface area contributed by atoms with E-state index in [9.17, 15) is 0 Å². The van der Waals surface area contributed by atoms with E-state index in [0.717, 1.165) is 5.75 Å². The van der Waals surface area contributed by atoms with Crippen molar-refractivity contribution < 1.29 is 5.11 Å². The summed E-state index contributed by atoms with van der Waals surface area (Å²) < 4.78 is -1.55. The first-order chi connectivity index (χ1) is 3.98. The smallest absolute Gasteiger partial charge is 0.225 e. The number of thioether (sulfide) groups is 1. The third-order valence-electron chi connectivity index (χ3n) is 0.605. The molecule has 0 aromatic heterocycles. The minimum absolute atomic E-state index is 0.731. The van der Waals surface area contributed by atoms with Crippen molar-refractivity contribution in [2.75, 3.05) is 5.75 Å². The summed E-state index contributed by atoms with van der Waals surface area (Å²) in [5.41, 5.74) is -0.924. The number of alkyl halides is 3.